The fourth-order valence-corrected chi connectivity index (χ4v) is 0.756. The van der Waals surface area contributed by atoms with Crippen molar-refractivity contribution in [2.75, 3.05) is 0 Å². The first-order valence-electron chi connectivity index (χ1n) is 2.81. The van der Waals surface area contributed by atoms with Crippen LogP contribution in [-0.2, 0) is 0 Å². The topological polar surface area (TPSA) is 56.4 Å². The molecule has 1 rings (SSSR count). The Kier molecular flexibility index (Phi) is 1.63. The molecular formula is C6H8N2O. The molecule has 0 amide bonds. The largest absolute Gasteiger partial charge is 0.411 e. The van der Waals surface area contributed by atoms with Crippen LogP contribution in [0.2, 0.25) is 0 Å². The van der Waals surface area contributed by atoms with E-state index in [1.54, 1.807) is 6.08 Å². The lowest BCUT2D eigenvalue weighted by Gasteiger charge is -2.04. The van der Waals surface area contributed by atoms with E-state index in [1.165, 1.54) is 0 Å². The number of rotatable bonds is 0. The molecule has 0 heterocycles. The van der Waals surface area contributed by atoms with Crippen LogP contribution in [0, 0.1) is 5.41 Å². The van der Waals surface area contributed by atoms with Gasteiger partial charge in [0, 0.05) is 0 Å². The van der Waals surface area contributed by atoms with Gasteiger partial charge in [-0.2, -0.15) is 0 Å². The Morgan fingerprint density at radius 3 is 2.89 bits per heavy atom. The van der Waals surface area contributed by atoms with Gasteiger partial charge < -0.3 is 5.21 Å². The maximum absolute atomic E-state index is 8.27. The second kappa shape index (κ2) is 2.44. The zero-order chi connectivity index (χ0) is 6.69. The monoisotopic (exact) mass is 124 g/mol. The lowest BCUT2D eigenvalue weighted by Crippen LogP contribution is -2.13. The number of hydrogen-bond donors (Lipinski definition) is 2. The summed E-state index contributed by atoms with van der Waals surface area (Å²) in [4.78, 5) is 0. The van der Waals surface area contributed by atoms with Crippen molar-refractivity contribution in [1.82, 2.24) is 0 Å². The predicted octanol–water partition coefficient (Wildman–Crippen LogP) is 1.19. The summed E-state index contributed by atoms with van der Waals surface area (Å²) in [6, 6.07) is 0. The number of nitrogens with one attached hydrogen (secondary N) is 1. The van der Waals surface area contributed by atoms with Gasteiger partial charge in [0.1, 0.15) is 5.71 Å². The van der Waals surface area contributed by atoms with Crippen LogP contribution < -0.4 is 0 Å². The van der Waals surface area contributed by atoms with Gasteiger partial charge in [-0.25, -0.2) is 0 Å². The summed E-state index contributed by atoms with van der Waals surface area (Å²) in [5.74, 6) is 0. The van der Waals surface area contributed by atoms with Crippen LogP contribution in [0.25, 0.3) is 0 Å². The normalized spacial score (nSPS) is 23.1. The van der Waals surface area contributed by atoms with Crippen LogP contribution in [0.3, 0.4) is 0 Å². The summed E-state index contributed by atoms with van der Waals surface area (Å²) in [5, 5.41) is 18.4. The van der Waals surface area contributed by atoms with E-state index in [-0.39, 0.29) is 0 Å². The smallest absolute Gasteiger partial charge is 0.105 e. The van der Waals surface area contributed by atoms with Crippen molar-refractivity contribution >= 4 is 11.4 Å². The molecule has 0 fully saturated rings. The first kappa shape index (κ1) is 6.01. The van der Waals surface area contributed by atoms with E-state index in [9.17, 15) is 0 Å². The van der Waals surface area contributed by atoms with Crippen molar-refractivity contribution in [2.24, 2.45) is 5.16 Å². The van der Waals surface area contributed by atoms with Crippen LogP contribution in [0.5, 0.6) is 0 Å². The van der Waals surface area contributed by atoms with Crippen molar-refractivity contribution in [3.05, 3.63) is 12.2 Å². The summed E-state index contributed by atoms with van der Waals surface area (Å²) in [6.45, 7) is 0. The van der Waals surface area contributed by atoms with E-state index in [2.05, 4.69) is 5.16 Å². The molecule has 1 aliphatic carbocycles. The second-order valence-corrected chi connectivity index (χ2v) is 1.90. The van der Waals surface area contributed by atoms with E-state index in [4.69, 9.17) is 10.6 Å². The summed E-state index contributed by atoms with van der Waals surface area (Å²) in [6.07, 6.45) is 5.11. The van der Waals surface area contributed by atoms with Crippen molar-refractivity contribution in [3.8, 4) is 0 Å². The molecule has 0 unspecified atom stereocenters. The summed E-state index contributed by atoms with van der Waals surface area (Å²) in [7, 11) is 0. The lowest BCUT2D eigenvalue weighted by atomic mass is 10.0. The molecule has 3 heteroatoms. The zero-order valence-corrected chi connectivity index (χ0v) is 4.96. The molecule has 3 nitrogen and oxygen atoms in total. The van der Waals surface area contributed by atoms with Gasteiger partial charge in [-0.15, -0.1) is 0 Å². The molecule has 0 aromatic carbocycles. The molecule has 0 bridgehead atoms. The minimum atomic E-state index is 0.323. The first-order valence-corrected chi connectivity index (χ1v) is 2.81. The van der Waals surface area contributed by atoms with Crippen LogP contribution >= 0.6 is 0 Å². The SMILES string of the molecule is N=C1C=CCC/C1=N/O. The highest BCUT2D eigenvalue weighted by atomic mass is 16.4. The fourth-order valence-electron chi connectivity index (χ4n) is 0.756. The third-order valence-electron chi connectivity index (χ3n) is 1.26. The maximum atomic E-state index is 8.27. The van der Waals surface area contributed by atoms with E-state index in [0.29, 0.717) is 17.8 Å². The third kappa shape index (κ3) is 1.16. The Labute approximate surface area is 53.2 Å². The Hall–Kier alpha value is -1.12. The predicted molar refractivity (Wildman–Crippen MR) is 35.3 cm³/mol. The molecule has 0 aromatic rings. The fraction of sp³-hybridized carbons (Fsp3) is 0.333. The van der Waals surface area contributed by atoms with Gasteiger partial charge >= 0.3 is 0 Å². The first-order chi connectivity index (χ1) is 4.34. The van der Waals surface area contributed by atoms with Gasteiger partial charge in [0.05, 0.1) is 5.71 Å². The molecule has 48 valence electrons. The van der Waals surface area contributed by atoms with Crippen molar-refractivity contribution in [2.45, 2.75) is 12.8 Å². The molecule has 0 radical (unpaired) electrons. The Morgan fingerprint density at radius 2 is 2.44 bits per heavy atom. The average Bonchev–Trinajstić information content (AvgIpc) is 1.89. The number of nitrogens with zero attached hydrogens (tertiary/aromatic N) is 1. The van der Waals surface area contributed by atoms with Crippen LogP contribution in [0.15, 0.2) is 17.3 Å². The zero-order valence-electron chi connectivity index (χ0n) is 4.96. The number of hydrogen-bond acceptors (Lipinski definition) is 3. The highest BCUT2D eigenvalue weighted by molar-refractivity contribution is 6.45. The van der Waals surface area contributed by atoms with Gasteiger partial charge in [0.2, 0.25) is 0 Å². The molecule has 0 saturated carbocycles. The van der Waals surface area contributed by atoms with Crippen LogP contribution in [0.1, 0.15) is 12.8 Å². The van der Waals surface area contributed by atoms with Gasteiger partial charge in [-0.05, 0) is 18.9 Å². The molecule has 1 aliphatic rings. The standard InChI is InChI=1S/C6H8N2O/c7-5-3-1-2-4-6(5)8-9/h1,3,7,9H,2,4H2/b7-5?,8-6-. The number of oxime groups is 1. The molecule has 9 heavy (non-hydrogen) atoms. The van der Waals surface area contributed by atoms with Crippen LogP contribution in [0.4, 0.5) is 0 Å². The highest BCUT2D eigenvalue weighted by Crippen LogP contribution is 2.03. The summed E-state index contributed by atoms with van der Waals surface area (Å²) < 4.78 is 0. The lowest BCUT2D eigenvalue weighted by molar-refractivity contribution is 0.319. The molecule has 0 atom stereocenters. The molecule has 0 aliphatic heterocycles. The molecule has 0 spiro atoms. The van der Waals surface area contributed by atoms with Crippen LogP contribution in [-0.4, -0.2) is 16.6 Å². The molecular weight excluding hydrogens is 116 g/mol. The van der Waals surface area contributed by atoms with E-state index >= 15 is 0 Å². The van der Waals surface area contributed by atoms with Gasteiger partial charge in [-0.1, -0.05) is 11.2 Å². The molecule has 0 aromatic heterocycles. The molecule has 0 saturated heterocycles. The van der Waals surface area contributed by atoms with Crippen molar-refractivity contribution in [1.29, 1.82) is 5.41 Å². The van der Waals surface area contributed by atoms with Crippen molar-refractivity contribution in [3.63, 3.8) is 0 Å². The Balaban J connectivity index is 2.78. The average molecular weight is 124 g/mol. The maximum Gasteiger partial charge on any atom is 0.105 e. The Bertz CT molecular complexity index is 181. The van der Waals surface area contributed by atoms with E-state index in [0.717, 1.165) is 6.42 Å². The van der Waals surface area contributed by atoms with Gasteiger partial charge in [-0.3, -0.25) is 5.41 Å². The summed E-state index contributed by atoms with van der Waals surface area (Å²) in [5.41, 5.74) is 0.807. The second-order valence-electron chi connectivity index (χ2n) is 1.90. The van der Waals surface area contributed by atoms with E-state index < -0.39 is 0 Å². The van der Waals surface area contributed by atoms with Gasteiger partial charge in [0.25, 0.3) is 0 Å². The quantitative estimate of drug-likeness (QED) is 0.370. The minimum absolute atomic E-state index is 0.323. The summed E-state index contributed by atoms with van der Waals surface area (Å²) >= 11 is 0. The van der Waals surface area contributed by atoms with E-state index in [1.807, 2.05) is 6.08 Å². The third-order valence-corrected chi connectivity index (χ3v) is 1.26. The van der Waals surface area contributed by atoms with Crippen molar-refractivity contribution < 1.29 is 5.21 Å². The molecule has 2 N–H and O–H groups in total. The minimum Gasteiger partial charge on any atom is -0.411 e. The number of allylic oxidation sites excluding steroid dienone is 2. The Morgan fingerprint density at radius 1 is 1.67 bits per heavy atom. The highest BCUT2D eigenvalue weighted by Gasteiger charge is 2.06. The van der Waals surface area contributed by atoms with Gasteiger partial charge in [0.15, 0.2) is 0 Å².